The molecule has 1 aromatic heterocycles. The van der Waals surface area contributed by atoms with Crippen LogP contribution < -0.4 is 14.8 Å². The molecule has 0 radical (unpaired) electrons. The Labute approximate surface area is 205 Å². The minimum atomic E-state index is -0.266. The molecule has 0 spiro atoms. The van der Waals surface area contributed by atoms with Gasteiger partial charge in [0.05, 0.1) is 18.1 Å². The molecule has 8 heteroatoms. The number of halogens is 2. The average Bonchev–Trinajstić information content (AvgIpc) is 3.18. The molecule has 0 fully saturated rings. The number of methoxy groups -OCH3 is 1. The molecular weight excluding hydrogens is 506 g/mol. The smallest absolute Gasteiger partial charge is 0.256 e. The maximum atomic E-state index is 12.9. The van der Waals surface area contributed by atoms with E-state index in [4.69, 9.17) is 21.1 Å². The fraction of sp³-hybridized carbons (Fsp3) is 0.120. The molecule has 1 amide bonds. The van der Waals surface area contributed by atoms with Crippen LogP contribution in [0.3, 0.4) is 0 Å². The number of nitrogens with zero attached hydrogens (tertiary/aromatic N) is 2. The minimum absolute atomic E-state index is 0.266. The van der Waals surface area contributed by atoms with Gasteiger partial charge in [-0.2, -0.15) is 5.10 Å². The van der Waals surface area contributed by atoms with Gasteiger partial charge in [0.2, 0.25) is 0 Å². The fourth-order valence-corrected chi connectivity index (χ4v) is 3.86. The van der Waals surface area contributed by atoms with Gasteiger partial charge in [-0.3, -0.25) is 9.48 Å². The summed E-state index contributed by atoms with van der Waals surface area (Å²) >= 11 is 9.71. The highest BCUT2D eigenvalue weighted by Gasteiger charge is 2.14. The van der Waals surface area contributed by atoms with Gasteiger partial charge >= 0.3 is 0 Å². The van der Waals surface area contributed by atoms with Gasteiger partial charge in [-0.15, -0.1) is 0 Å². The van der Waals surface area contributed by atoms with Crippen molar-refractivity contribution in [1.29, 1.82) is 0 Å². The number of carbonyl (C=O) groups is 1. The Bertz CT molecular complexity index is 1280. The standard InChI is InChI=1S/C25H21BrClN3O3/c1-32-22-11-4-5-12-23(22)33-16-17-7-6-9-18(13-17)25(31)28-24-20(26)15-30(29-24)14-19-8-2-3-10-21(19)27/h2-13,15H,14,16H2,1H3,(H,28,29,31). The number of aromatic nitrogens is 2. The first-order valence-corrected chi connectivity index (χ1v) is 11.3. The van der Waals surface area contributed by atoms with Gasteiger partial charge in [-0.25, -0.2) is 0 Å². The quantitative estimate of drug-likeness (QED) is 0.297. The van der Waals surface area contributed by atoms with Crippen LogP contribution in [0.4, 0.5) is 5.82 Å². The van der Waals surface area contributed by atoms with E-state index in [-0.39, 0.29) is 5.91 Å². The third-order valence-corrected chi connectivity index (χ3v) is 5.84. The molecule has 1 N–H and O–H groups in total. The Morgan fingerprint density at radius 1 is 1.06 bits per heavy atom. The number of anilines is 1. The Morgan fingerprint density at radius 3 is 2.61 bits per heavy atom. The van der Waals surface area contributed by atoms with Crippen LogP contribution in [0.1, 0.15) is 21.5 Å². The molecule has 168 valence electrons. The molecule has 0 unspecified atom stereocenters. The first kappa shape index (κ1) is 22.9. The number of para-hydroxylation sites is 2. The second kappa shape index (κ2) is 10.6. The lowest BCUT2D eigenvalue weighted by Gasteiger charge is -2.11. The summed E-state index contributed by atoms with van der Waals surface area (Å²) in [5.41, 5.74) is 2.30. The number of hydrogen-bond donors (Lipinski definition) is 1. The van der Waals surface area contributed by atoms with E-state index >= 15 is 0 Å². The van der Waals surface area contributed by atoms with E-state index in [1.807, 2.05) is 60.7 Å². The largest absolute Gasteiger partial charge is 0.493 e. The molecule has 4 rings (SSSR count). The number of nitrogens with one attached hydrogen (secondary N) is 1. The van der Waals surface area contributed by atoms with E-state index in [1.54, 1.807) is 30.1 Å². The number of carbonyl (C=O) groups excluding carboxylic acids is 1. The van der Waals surface area contributed by atoms with Gasteiger partial charge in [0.1, 0.15) is 6.61 Å². The molecule has 0 aliphatic heterocycles. The summed E-state index contributed by atoms with van der Waals surface area (Å²) in [5, 5.41) is 7.99. The highest BCUT2D eigenvalue weighted by atomic mass is 79.9. The zero-order chi connectivity index (χ0) is 23.2. The van der Waals surface area contributed by atoms with E-state index in [1.165, 1.54) is 0 Å². The second-order valence-electron chi connectivity index (χ2n) is 7.21. The van der Waals surface area contributed by atoms with Crippen LogP contribution in [0.15, 0.2) is 83.5 Å². The van der Waals surface area contributed by atoms with Crippen LogP contribution in [0.5, 0.6) is 11.5 Å². The second-order valence-corrected chi connectivity index (χ2v) is 8.47. The van der Waals surface area contributed by atoms with E-state index in [0.29, 0.717) is 45.5 Å². The molecule has 0 aliphatic rings. The van der Waals surface area contributed by atoms with Crippen molar-refractivity contribution in [2.45, 2.75) is 13.2 Å². The summed E-state index contributed by atoms with van der Waals surface area (Å²) in [7, 11) is 1.60. The summed E-state index contributed by atoms with van der Waals surface area (Å²) in [6.45, 7) is 0.793. The van der Waals surface area contributed by atoms with Crippen molar-refractivity contribution in [1.82, 2.24) is 9.78 Å². The van der Waals surface area contributed by atoms with E-state index in [0.717, 1.165) is 11.1 Å². The number of hydrogen-bond acceptors (Lipinski definition) is 4. The summed E-state index contributed by atoms with van der Waals surface area (Å²) in [6.07, 6.45) is 1.80. The van der Waals surface area contributed by atoms with Crippen molar-refractivity contribution >= 4 is 39.3 Å². The topological polar surface area (TPSA) is 65.4 Å². The van der Waals surface area contributed by atoms with Gasteiger partial charge in [-0.05, 0) is 57.4 Å². The molecule has 4 aromatic rings. The van der Waals surface area contributed by atoms with Gasteiger partial charge in [0.25, 0.3) is 5.91 Å². The Kier molecular flexibility index (Phi) is 7.32. The van der Waals surface area contributed by atoms with Crippen LogP contribution in [0.25, 0.3) is 0 Å². The fourth-order valence-electron chi connectivity index (χ4n) is 3.25. The van der Waals surface area contributed by atoms with Crippen LogP contribution in [0.2, 0.25) is 5.02 Å². The highest BCUT2D eigenvalue weighted by Crippen LogP contribution is 2.27. The molecule has 6 nitrogen and oxygen atoms in total. The lowest BCUT2D eigenvalue weighted by atomic mass is 10.1. The van der Waals surface area contributed by atoms with Crippen LogP contribution in [0, 0.1) is 0 Å². The van der Waals surface area contributed by atoms with Crippen molar-refractivity contribution in [2.24, 2.45) is 0 Å². The molecule has 0 saturated heterocycles. The Morgan fingerprint density at radius 2 is 1.82 bits per heavy atom. The predicted molar refractivity (Wildman–Crippen MR) is 132 cm³/mol. The Balaban J connectivity index is 1.43. The first-order valence-electron chi connectivity index (χ1n) is 10.2. The highest BCUT2D eigenvalue weighted by molar-refractivity contribution is 9.10. The lowest BCUT2D eigenvalue weighted by molar-refractivity contribution is 0.102. The predicted octanol–water partition coefficient (Wildman–Crippen LogP) is 6.19. The Hall–Kier alpha value is -3.29. The van der Waals surface area contributed by atoms with E-state index in [9.17, 15) is 4.79 Å². The van der Waals surface area contributed by atoms with Crippen LogP contribution >= 0.6 is 27.5 Å². The number of rotatable bonds is 8. The molecule has 1 heterocycles. The molecule has 0 bridgehead atoms. The lowest BCUT2D eigenvalue weighted by Crippen LogP contribution is -2.13. The number of benzene rings is 3. The molecule has 33 heavy (non-hydrogen) atoms. The van der Waals surface area contributed by atoms with Crippen LogP contribution in [-0.4, -0.2) is 22.8 Å². The SMILES string of the molecule is COc1ccccc1OCc1cccc(C(=O)Nc2nn(Cc3ccccc3Cl)cc2Br)c1. The molecular formula is C25H21BrClN3O3. The van der Waals surface area contributed by atoms with Crippen molar-refractivity contribution in [3.05, 3.63) is 105 Å². The van der Waals surface area contributed by atoms with Gasteiger partial charge in [-0.1, -0.05) is 54.1 Å². The third-order valence-electron chi connectivity index (χ3n) is 4.89. The summed E-state index contributed by atoms with van der Waals surface area (Å²) < 4.78 is 13.6. The normalized spacial score (nSPS) is 10.6. The van der Waals surface area contributed by atoms with Gasteiger partial charge in [0.15, 0.2) is 17.3 Å². The van der Waals surface area contributed by atoms with E-state index < -0.39 is 0 Å². The molecule has 0 saturated carbocycles. The zero-order valence-corrected chi connectivity index (χ0v) is 20.1. The zero-order valence-electron chi connectivity index (χ0n) is 17.8. The minimum Gasteiger partial charge on any atom is -0.493 e. The summed E-state index contributed by atoms with van der Waals surface area (Å²) in [6, 6.07) is 22.3. The number of ether oxygens (including phenoxy) is 2. The molecule has 0 atom stereocenters. The monoisotopic (exact) mass is 525 g/mol. The summed E-state index contributed by atoms with van der Waals surface area (Å²) in [5.74, 6) is 1.46. The van der Waals surface area contributed by atoms with Crippen molar-refractivity contribution < 1.29 is 14.3 Å². The maximum Gasteiger partial charge on any atom is 0.256 e. The third kappa shape index (κ3) is 5.74. The maximum absolute atomic E-state index is 12.9. The van der Waals surface area contributed by atoms with Crippen LogP contribution in [-0.2, 0) is 13.2 Å². The van der Waals surface area contributed by atoms with Gasteiger partial charge in [0, 0.05) is 16.8 Å². The van der Waals surface area contributed by atoms with Crippen molar-refractivity contribution in [3.8, 4) is 11.5 Å². The van der Waals surface area contributed by atoms with E-state index in [2.05, 4.69) is 26.3 Å². The van der Waals surface area contributed by atoms with Gasteiger partial charge < -0.3 is 14.8 Å². The molecule has 3 aromatic carbocycles. The summed E-state index contributed by atoms with van der Waals surface area (Å²) in [4.78, 5) is 12.9. The number of amides is 1. The first-order chi connectivity index (χ1) is 16.0. The van der Waals surface area contributed by atoms with Crippen molar-refractivity contribution in [2.75, 3.05) is 12.4 Å². The molecule has 0 aliphatic carbocycles. The van der Waals surface area contributed by atoms with Crippen molar-refractivity contribution in [3.63, 3.8) is 0 Å². The average molecular weight is 527 g/mol.